The zero-order chi connectivity index (χ0) is 34.3. The number of aromatic nitrogens is 2. The Hall–Kier alpha value is -6.42. The first kappa shape index (κ1) is 29.3. The van der Waals surface area contributed by atoms with Crippen molar-refractivity contribution >= 4 is 75.1 Å². The van der Waals surface area contributed by atoms with Crippen LogP contribution in [0.4, 0.5) is 0 Å². The second-order valence-electron chi connectivity index (χ2n) is 13.7. The van der Waals surface area contributed by atoms with Crippen molar-refractivity contribution in [1.29, 1.82) is 0 Å². The highest BCUT2D eigenvalue weighted by Gasteiger charge is 2.19. The minimum Gasteiger partial charge on any atom is -0.309 e. The summed E-state index contributed by atoms with van der Waals surface area (Å²) < 4.78 is 7.52. The number of nitrogens with zero attached hydrogens (tertiary/aromatic N) is 2. The fraction of sp³-hybridized carbons (Fsp3) is 0.0204. The number of fused-ring (bicyclic) bond motifs is 9. The van der Waals surface area contributed by atoms with Gasteiger partial charge in [0, 0.05) is 53.1 Å². The van der Waals surface area contributed by atoms with Gasteiger partial charge in [0.05, 0.1) is 22.1 Å². The molecule has 0 saturated heterocycles. The zero-order valence-electron chi connectivity index (χ0n) is 28.5. The van der Waals surface area contributed by atoms with E-state index in [0.717, 1.165) is 0 Å². The minimum atomic E-state index is 1.18. The standard InChI is InChI=1S/C49H32N2S/c1-31-35(39-19-11-20-40-38-17-7-10-24-48(38)52-49(39)40)18-12-23-43(31)51-45-22-9-6-16-37(45)42-30-33(26-28-47(42)51)32-25-27-46-41(29-32)36-15-5-8-21-44(36)50(46)34-13-3-2-4-14-34/h2-30H,1H3. The molecule has 0 aliphatic heterocycles. The molecule has 0 aliphatic rings. The summed E-state index contributed by atoms with van der Waals surface area (Å²) in [6.07, 6.45) is 0. The van der Waals surface area contributed by atoms with E-state index >= 15 is 0 Å². The lowest BCUT2D eigenvalue weighted by Gasteiger charge is -2.16. The topological polar surface area (TPSA) is 9.86 Å². The molecular weight excluding hydrogens is 649 g/mol. The van der Waals surface area contributed by atoms with Crippen LogP contribution < -0.4 is 0 Å². The summed E-state index contributed by atoms with van der Waals surface area (Å²) in [5.41, 5.74) is 13.6. The van der Waals surface area contributed by atoms with Crippen molar-refractivity contribution in [2.24, 2.45) is 0 Å². The second kappa shape index (κ2) is 11.3. The number of rotatable bonds is 4. The summed E-state index contributed by atoms with van der Waals surface area (Å²) >= 11 is 1.89. The van der Waals surface area contributed by atoms with E-state index in [-0.39, 0.29) is 0 Å². The molecule has 52 heavy (non-hydrogen) atoms. The van der Waals surface area contributed by atoms with Crippen LogP contribution in [0.2, 0.25) is 0 Å². The van der Waals surface area contributed by atoms with E-state index in [9.17, 15) is 0 Å². The third-order valence-electron chi connectivity index (χ3n) is 10.9. The van der Waals surface area contributed by atoms with Crippen LogP contribution in [0.15, 0.2) is 176 Å². The number of thiophene rings is 1. The Morgan fingerprint density at radius 3 is 1.65 bits per heavy atom. The van der Waals surface area contributed by atoms with Crippen LogP contribution in [-0.4, -0.2) is 9.13 Å². The van der Waals surface area contributed by atoms with Crippen molar-refractivity contribution in [1.82, 2.24) is 9.13 Å². The van der Waals surface area contributed by atoms with Gasteiger partial charge in [-0.2, -0.15) is 0 Å². The molecule has 0 amide bonds. The largest absolute Gasteiger partial charge is 0.309 e. The normalized spacial score (nSPS) is 11.9. The molecule has 0 fully saturated rings. The lowest BCUT2D eigenvalue weighted by Crippen LogP contribution is -1.98. The van der Waals surface area contributed by atoms with Crippen molar-refractivity contribution in [3.8, 4) is 33.6 Å². The van der Waals surface area contributed by atoms with Crippen LogP contribution in [0.25, 0.3) is 97.4 Å². The van der Waals surface area contributed by atoms with Crippen LogP contribution in [0, 0.1) is 6.92 Å². The van der Waals surface area contributed by atoms with Crippen LogP contribution in [-0.2, 0) is 0 Å². The Balaban J connectivity index is 1.09. The van der Waals surface area contributed by atoms with Gasteiger partial charge < -0.3 is 9.13 Å². The molecule has 0 spiro atoms. The molecule has 0 N–H and O–H groups in total. The molecule has 3 heterocycles. The monoisotopic (exact) mass is 680 g/mol. The second-order valence-corrected chi connectivity index (χ2v) is 14.8. The maximum Gasteiger partial charge on any atom is 0.0541 e. The molecule has 8 aromatic carbocycles. The van der Waals surface area contributed by atoms with Gasteiger partial charge in [-0.3, -0.25) is 0 Å². The molecule has 11 rings (SSSR count). The molecule has 0 unspecified atom stereocenters. The highest BCUT2D eigenvalue weighted by molar-refractivity contribution is 7.26. The summed E-state index contributed by atoms with van der Waals surface area (Å²) in [5, 5.41) is 7.71. The van der Waals surface area contributed by atoms with Gasteiger partial charge in [-0.15, -0.1) is 11.3 Å². The molecule has 3 aromatic heterocycles. The van der Waals surface area contributed by atoms with Gasteiger partial charge >= 0.3 is 0 Å². The maximum absolute atomic E-state index is 2.47. The van der Waals surface area contributed by atoms with E-state index in [0.29, 0.717) is 0 Å². The third-order valence-corrected chi connectivity index (χ3v) is 12.2. The minimum absolute atomic E-state index is 1.18. The van der Waals surface area contributed by atoms with E-state index in [4.69, 9.17) is 0 Å². The van der Waals surface area contributed by atoms with Crippen molar-refractivity contribution in [2.45, 2.75) is 6.92 Å². The van der Waals surface area contributed by atoms with E-state index in [1.165, 1.54) is 103 Å². The van der Waals surface area contributed by atoms with Crippen LogP contribution in [0.1, 0.15) is 5.56 Å². The third kappa shape index (κ3) is 4.24. The van der Waals surface area contributed by atoms with E-state index < -0.39 is 0 Å². The molecule has 0 bridgehead atoms. The maximum atomic E-state index is 2.47. The Bertz CT molecular complexity index is 3190. The molecule has 0 saturated carbocycles. The molecule has 244 valence electrons. The van der Waals surface area contributed by atoms with Crippen molar-refractivity contribution < 1.29 is 0 Å². The van der Waals surface area contributed by atoms with Gasteiger partial charge in [-0.1, -0.05) is 115 Å². The van der Waals surface area contributed by atoms with E-state index in [2.05, 4.69) is 192 Å². The van der Waals surface area contributed by atoms with Crippen LogP contribution >= 0.6 is 11.3 Å². The Kier molecular flexibility index (Phi) is 6.37. The lowest BCUT2D eigenvalue weighted by molar-refractivity contribution is 1.15. The summed E-state index contributed by atoms with van der Waals surface area (Å²) in [7, 11) is 0. The predicted molar refractivity (Wildman–Crippen MR) is 224 cm³/mol. The molecule has 2 nitrogen and oxygen atoms in total. The van der Waals surface area contributed by atoms with E-state index in [1.54, 1.807) is 0 Å². The van der Waals surface area contributed by atoms with Crippen LogP contribution in [0.5, 0.6) is 0 Å². The highest BCUT2D eigenvalue weighted by atomic mass is 32.1. The first-order valence-electron chi connectivity index (χ1n) is 17.9. The summed E-state index contributed by atoms with van der Waals surface area (Å²) in [6.45, 7) is 2.28. The van der Waals surface area contributed by atoms with E-state index in [1.807, 2.05) is 11.3 Å². The quantitative estimate of drug-likeness (QED) is 0.175. The Morgan fingerprint density at radius 2 is 0.923 bits per heavy atom. The first-order valence-corrected chi connectivity index (χ1v) is 18.7. The average molecular weight is 681 g/mol. The van der Waals surface area contributed by atoms with Gasteiger partial charge in [-0.05, 0) is 95.4 Å². The van der Waals surface area contributed by atoms with Crippen molar-refractivity contribution in [3.63, 3.8) is 0 Å². The van der Waals surface area contributed by atoms with Crippen molar-refractivity contribution in [2.75, 3.05) is 0 Å². The van der Waals surface area contributed by atoms with Gasteiger partial charge in [0.2, 0.25) is 0 Å². The predicted octanol–water partition coefficient (Wildman–Crippen LogP) is 13.9. The van der Waals surface area contributed by atoms with Gasteiger partial charge in [-0.25, -0.2) is 0 Å². The van der Waals surface area contributed by atoms with Crippen molar-refractivity contribution in [3.05, 3.63) is 181 Å². The Morgan fingerprint density at radius 1 is 0.385 bits per heavy atom. The highest BCUT2D eigenvalue weighted by Crippen LogP contribution is 2.43. The Labute approximate surface area is 305 Å². The number of benzene rings is 8. The molecule has 0 aliphatic carbocycles. The van der Waals surface area contributed by atoms with Gasteiger partial charge in [0.15, 0.2) is 0 Å². The molecule has 0 radical (unpaired) electrons. The van der Waals surface area contributed by atoms with Gasteiger partial charge in [0.25, 0.3) is 0 Å². The van der Waals surface area contributed by atoms with Gasteiger partial charge in [0.1, 0.15) is 0 Å². The fourth-order valence-corrected chi connectivity index (χ4v) is 9.77. The first-order chi connectivity index (χ1) is 25.7. The lowest BCUT2D eigenvalue weighted by atomic mass is 9.97. The zero-order valence-corrected chi connectivity index (χ0v) is 29.4. The summed E-state index contributed by atoms with van der Waals surface area (Å²) in [4.78, 5) is 0. The average Bonchev–Trinajstić information content (AvgIpc) is 3.86. The summed E-state index contributed by atoms with van der Waals surface area (Å²) in [6, 6.07) is 64.5. The number of hydrogen-bond acceptors (Lipinski definition) is 1. The number of hydrogen-bond donors (Lipinski definition) is 0. The molecule has 3 heteroatoms. The molecule has 0 atom stereocenters. The fourth-order valence-electron chi connectivity index (χ4n) is 8.54. The number of para-hydroxylation sites is 3. The summed E-state index contributed by atoms with van der Waals surface area (Å²) in [5.74, 6) is 0. The molecule has 11 aromatic rings. The molecular formula is C49H32N2S. The van der Waals surface area contributed by atoms with Crippen LogP contribution in [0.3, 0.4) is 0 Å². The smallest absolute Gasteiger partial charge is 0.0541 e. The SMILES string of the molecule is Cc1c(-c2cccc3c2sc2ccccc23)cccc1-n1c2ccccc2c2cc(-c3ccc4c(c3)c3ccccc3n4-c3ccccc3)ccc21.